The maximum atomic E-state index is 6.06. The minimum absolute atomic E-state index is 0.338. The van der Waals surface area contributed by atoms with Crippen LogP contribution in [0.15, 0.2) is 46.6 Å². The molecule has 126 valence electrons. The van der Waals surface area contributed by atoms with Gasteiger partial charge in [-0.05, 0) is 36.4 Å². The number of azo groups is 1. The zero-order chi connectivity index (χ0) is 17.2. The highest BCUT2D eigenvalue weighted by Crippen LogP contribution is 2.36. The monoisotopic (exact) mass is 337 g/mol. The maximum Gasteiger partial charge on any atom is 0.278 e. The molecule has 1 aliphatic heterocycles. The van der Waals surface area contributed by atoms with Crippen LogP contribution in [-0.2, 0) is 0 Å². The molecule has 0 atom stereocenters. The molecule has 0 radical (unpaired) electrons. The van der Waals surface area contributed by atoms with Gasteiger partial charge in [0.1, 0.15) is 30.2 Å². The quantitative estimate of drug-likeness (QED) is 0.580. The lowest BCUT2D eigenvalue weighted by Gasteiger charge is -2.16. The van der Waals surface area contributed by atoms with Gasteiger partial charge in [-0.1, -0.05) is 0 Å². The van der Waals surface area contributed by atoms with Crippen LogP contribution in [0, 0.1) is 0 Å². The summed E-state index contributed by atoms with van der Waals surface area (Å²) < 4.78 is 16.1. The van der Waals surface area contributed by atoms with Crippen molar-refractivity contribution in [2.75, 3.05) is 26.1 Å². The van der Waals surface area contributed by atoms with Crippen LogP contribution in [0.5, 0.6) is 17.5 Å². The summed E-state index contributed by atoms with van der Waals surface area (Å²) in [5.74, 6) is 1.46. The third-order valence-corrected chi connectivity index (χ3v) is 3.68. The summed E-state index contributed by atoms with van der Waals surface area (Å²) in [7, 11) is 1.61. The van der Waals surface area contributed by atoms with Crippen LogP contribution < -0.4 is 19.9 Å². The topological polar surface area (TPSA) is 104 Å². The Morgan fingerprint density at radius 2 is 1.68 bits per heavy atom. The van der Waals surface area contributed by atoms with Crippen molar-refractivity contribution >= 4 is 28.1 Å². The van der Waals surface area contributed by atoms with E-state index in [-0.39, 0.29) is 0 Å². The lowest BCUT2D eigenvalue weighted by molar-refractivity contribution is 0.158. The van der Waals surface area contributed by atoms with Gasteiger partial charge in [-0.25, -0.2) is 9.97 Å². The van der Waals surface area contributed by atoms with Crippen LogP contribution in [-0.4, -0.2) is 30.3 Å². The van der Waals surface area contributed by atoms with Gasteiger partial charge in [0.05, 0.1) is 24.0 Å². The molecule has 1 aromatic heterocycles. The van der Waals surface area contributed by atoms with Crippen LogP contribution in [0.4, 0.5) is 17.1 Å². The molecule has 0 saturated carbocycles. The fourth-order valence-electron chi connectivity index (χ4n) is 2.42. The SMILES string of the molecule is COc1ccc(N=Nc2c(N)ccc3nc4c(nc23)OCCO4)cc1. The van der Waals surface area contributed by atoms with Crippen LogP contribution in [0.1, 0.15) is 0 Å². The molecule has 25 heavy (non-hydrogen) atoms. The average Bonchev–Trinajstić information content (AvgIpc) is 2.66. The second kappa shape index (κ2) is 6.23. The first-order chi connectivity index (χ1) is 12.2. The van der Waals surface area contributed by atoms with E-state index in [2.05, 4.69) is 20.2 Å². The van der Waals surface area contributed by atoms with E-state index in [0.29, 0.717) is 53.1 Å². The Hall–Kier alpha value is -3.42. The summed E-state index contributed by atoms with van der Waals surface area (Å²) in [5, 5.41) is 8.49. The Morgan fingerprint density at radius 1 is 0.960 bits per heavy atom. The zero-order valence-corrected chi connectivity index (χ0v) is 13.5. The summed E-state index contributed by atoms with van der Waals surface area (Å²) in [6, 6.07) is 10.7. The molecule has 8 nitrogen and oxygen atoms in total. The van der Waals surface area contributed by atoms with E-state index in [4.69, 9.17) is 19.9 Å². The lowest BCUT2D eigenvalue weighted by atomic mass is 10.2. The lowest BCUT2D eigenvalue weighted by Crippen LogP contribution is -2.17. The molecule has 2 aromatic carbocycles. The second-order valence-corrected chi connectivity index (χ2v) is 5.30. The normalized spacial score (nSPS) is 13.3. The third kappa shape index (κ3) is 2.89. The molecule has 8 heteroatoms. The molecule has 3 aromatic rings. The van der Waals surface area contributed by atoms with Gasteiger partial charge in [-0.15, -0.1) is 5.11 Å². The van der Waals surface area contributed by atoms with Gasteiger partial charge in [0.15, 0.2) is 0 Å². The summed E-state index contributed by atoms with van der Waals surface area (Å²) in [4.78, 5) is 8.86. The standard InChI is InChI=1S/C17H15N5O3/c1-23-11-4-2-10(3-5-11)21-22-14-12(18)6-7-13-15(14)20-17-16(19-13)24-8-9-25-17/h2-7H,8-9,18H2,1H3. The van der Waals surface area contributed by atoms with E-state index in [0.717, 1.165) is 5.75 Å². The van der Waals surface area contributed by atoms with Gasteiger partial charge in [0, 0.05) is 0 Å². The van der Waals surface area contributed by atoms with Crippen LogP contribution in [0.2, 0.25) is 0 Å². The number of nitrogens with two attached hydrogens (primary N) is 1. The van der Waals surface area contributed by atoms with Crippen molar-refractivity contribution in [2.45, 2.75) is 0 Å². The number of rotatable bonds is 3. The highest BCUT2D eigenvalue weighted by Gasteiger charge is 2.18. The van der Waals surface area contributed by atoms with Crippen molar-refractivity contribution < 1.29 is 14.2 Å². The summed E-state index contributed by atoms with van der Waals surface area (Å²) in [6.45, 7) is 0.879. The van der Waals surface area contributed by atoms with Crippen molar-refractivity contribution in [2.24, 2.45) is 10.2 Å². The molecule has 0 amide bonds. The average molecular weight is 337 g/mol. The summed E-state index contributed by atoms with van der Waals surface area (Å²) >= 11 is 0. The fraction of sp³-hybridized carbons (Fsp3) is 0.176. The minimum Gasteiger partial charge on any atom is -0.497 e. The minimum atomic E-state index is 0.338. The first-order valence-corrected chi connectivity index (χ1v) is 7.66. The van der Waals surface area contributed by atoms with E-state index in [9.17, 15) is 0 Å². The molecule has 0 unspecified atom stereocenters. The Labute approximate surface area is 143 Å². The molecular formula is C17H15N5O3. The second-order valence-electron chi connectivity index (χ2n) is 5.30. The van der Waals surface area contributed by atoms with Gasteiger partial charge >= 0.3 is 0 Å². The Bertz CT molecular complexity index is 957. The van der Waals surface area contributed by atoms with Gasteiger partial charge in [-0.3, -0.25) is 0 Å². The van der Waals surface area contributed by atoms with Crippen molar-refractivity contribution in [3.05, 3.63) is 36.4 Å². The van der Waals surface area contributed by atoms with Gasteiger partial charge in [0.2, 0.25) is 0 Å². The van der Waals surface area contributed by atoms with Crippen molar-refractivity contribution in [1.29, 1.82) is 0 Å². The Balaban J connectivity index is 1.76. The van der Waals surface area contributed by atoms with Crippen molar-refractivity contribution in [3.8, 4) is 17.5 Å². The predicted molar refractivity (Wildman–Crippen MR) is 92.1 cm³/mol. The molecule has 2 N–H and O–H groups in total. The number of hydrogen-bond donors (Lipinski definition) is 1. The molecule has 0 spiro atoms. The van der Waals surface area contributed by atoms with Gasteiger partial charge in [-0.2, -0.15) is 5.11 Å². The number of aromatic nitrogens is 2. The molecular weight excluding hydrogens is 322 g/mol. The summed E-state index contributed by atoms with van der Waals surface area (Å²) in [5.41, 5.74) is 8.75. The number of ether oxygens (including phenoxy) is 3. The van der Waals surface area contributed by atoms with Crippen LogP contribution in [0.3, 0.4) is 0 Å². The summed E-state index contributed by atoms with van der Waals surface area (Å²) in [6.07, 6.45) is 0. The molecule has 0 aliphatic carbocycles. The molecule has 4 rings (SSSR count). The highest BCUT2D eigenvalue weighted by molar-refractivity contribution is 5.93. The van der Waals surface area contributed by atoms with Crippen molar-refractivity contribution in [1.82, 2.24) is 9.97 Å². The van der Waals surface area contributed by atoms with Crippen molar-refractivity contribution in [3.63, 3.8) is 0 Å². The molecule has 2 heterocycles. The number of nitrogens with zero attached hydrogens (tertiary/aromatic N) is 4. The molecule has 0 saturated heterocycles. The smallest absolute Gasteiger partial charge is 0.278 e. The van der Waals surface area contributed by atoms with E-state index in [1.54, 1.807) is 31.4 Å². The van der Waals surface area contributed by atoms with E-state index >= 15 is 0 Å². The first kappa shape index (κ1) is 15.1. The number of anilines is 1. The van der Waals surface area contributed by atoms with Crippen LogP contribution in [0.25, 0.3) is 11.0 Å². The Morgan fingerprint density at radius 3 is 2.40 bits per heavy atom. The number of hydrogen-bond acceptors (Lipinski definition) is 8. The molecule has 0 bridgehead atoms. The fourth-order valence-corrected chi connectivity index (χ4v) is 2.42. The third-order valence-electron chi connectivity index (χ3n) is 3.68. The predicted octanol–water partition coefficient (Wildman–Crippen LogP) is 3.41. The number of benzene rings is 2. The van der Waals surface area contributed by atoms with E-state index < -0.39 is 0 Å². The maximum absolute atomic E-state index is 6.06. The number of fused-ring (bicyclic) bond motifs is 2. The van der Waals surface area contributed by atoms with Gasteiger partial charge < -0.3 is 19.9 Å². The largest absolute Gasteiger partial charge is 0.497 e. The Kier molecular flexibility index (Phi) is 3.77. The van der Waals surface area contributed by atoms with E-state index in [1.165, 1.54) is 0 Å². The number of methoxy groups -OCH3 is 1. The first-order valence-electron chi connectivity index (χ1n) is 7.66. The highest BCUT2D eigenvalue weighted by atomic mass is 16.6. The van der Waals surface area contributed by atoms with Crippen LogP contribution >= 0.6 is 0 Å². The molecule has 1 aliphatic rings. The molecule has 0 fully saturated rings. The van der Waals surface area contributed by atoms with Gasteiger partial charge in [0.25, 0.3) is 11.8 Å². The van der Waals surface area contributed by atoms with E-state index in [1.807, 2.05) is 12.1 Å². The zero-order valence-electron chi connectivity index (χ0n) is 13.5. The number of nitrogen functional groups attached to an aromatic ring is 1.